The minimum Gasteiger partial charge on any atom is -0.372 e. The van der Waals surface area contributed by atoms with Crippen LogP contribution >= 0.6 is 11.6 Å². The second-order valence-electron chi connectivity index (χ2n) is 5.24. The van der Waals surface area contributed by atoms with Gasteiger partial charge in [0.2, 0.25) is 0 Å². The SMILES string of the molecule is CC1(C)CN(c2ccc(CCl)cc2[N+](=O)[O-])CCO1. The fourth-order valence-electron chi connectivity index (χ4n) is 2.29. The number of benzene rings is 1. The van der Waals surface area contributed by atoms with Crippen molar-refractivity contribution < 1.29 is 9.66 Å². The average Bonchev–Trinajstić information content (AvgIpc) is 2.36. The number of morpholine rings is 1. The molecule has 0 bridgehead atoms. The largest absolute Gasteiger partial charge is 0.372 e. The first-order chi connectivity index (χ1) is 8.93. The lowest BCUT2D eigenvalue weighted by atomic mass is 10.1. The lowest BCUT2D eigenvalue weighted by molar-refractivity contribution is -0.384. The van der Waals surface area contributed by atoms with Gasteiger partial charge in [0.25, 0.3) is 5.69 Å². The predicted octanol–water partition coefficient (Wildman–Crippen LogP) is 2.95. The summed E-state index contributed by atoms with van der Waals surface area (Å²) in [4.78, 5) is 12.8. The highest BCUT2D eigenvalue weighted by Gasteiger charge is 2.30. The van der Waals surface area contributed by atoms with Crippen LogP contribution in [0.2, 0.25) is 0 Å². The van der Waals surface area contributed by atoms with Crippen LogP contribution in [0.1, 0.15) is 19.4 Å². The zero-order valence-electron chi connectivity index (χ0n) is 11.1. The van der Waals surface area contributed by atoms with E-state index in [9.17, 15) is 10.1 Å². The molecule has 0 N–H and O–H groups in total. The molecule has 1 fully saturated rings. The molecule has 1 aliphatic heterocycles. The summed E-state index contributed by atoms with van der Waals surface area (Å²) in [5, 5.41) is 11.2. The van der Waals surface area contributed by atoms with Gasteiger partial charge in [-0.1, -0.05) is 6.07 Å². The van der Waals surface area contributed by atoms with Crippen LogP contribution in [0.25, 0.3) is 0 Å². The van der Waals surface area contributed by atoms with Gasteiger partial charge in [-0.2, -0.15) is 0 Å². The highest BCUT2D eigenvalue weighted by molar-refractivity contribution is 6.17. The van der Waals surface area contributed by atoms with Gasteiger partial charge >= 0.3 is 0 Å². The van der Waals surface area contributed by atoms with Crippen molar-refractivity contribution in [2.45, 2.75) is 25.3 Å². The third kappa shape index (κ3) is 3.16. The van der Waals surface area contributed by atoms with Crippen LogP contribution in [-0.4, -0.2) is 30.2 Å². The molecule has 104 valence electrons. The summed E-state index contributed by atoms with van der Waals surface area (Å²) < 4.78 is 5.63. The van der Waals surface area contributed by atoms with E-state index >= 15 is 0 Å². The Balaban J connectivity index is 2.35. The highest BCUT2D eigenvalue weighted by atomic mass is 35.5. The topological polar surface area (TPSA) is 55.6 Å². The molecule has 0 amide bonds. The molecule has 0 atom stereocenters. The lowest BCUT2D eigenvalue weighted by Gasteiger charge is -2.39. The number of nitro benzene ring substituents is 1. The standard InChI is InChI=1S/C13H17ClN2O3/c1-13(2)9-15(5-6-19-13)11-4-3-10(8-14)7-12(11)16(17)18/h3-4,7H,5-6,8-9H2,1-2H3. The van der Waals surface area contributed by atoms with Crippen LogP contribution in [-0.2, 0) is 10.6 Å². The first kappa shape index (κ1) is 14.1. The fourth-order valence-corrected chi connectivity index (χ4v) is 2.45. The fraction of sp³-hybridized carbons (Fsp3) is 0.538. The zero-order chi connectivity index (χ0) is 14.0. The first-order valence-corrected chi connectivity index (χ1v) is 6.68. The molecule has 6 heteroatoms. The van der Waals surface area contributed by atoms with E-state index in [-0.39, 0.29) is 22.1 Å². The maximum atomic E-state index is 11.2. The summed E-state index contributed by atoms with van der Waals surface area (Å²) in [6.07, 6.45) is 0. The molecule has 1 aromatic carbocycles. The van der Waals surface area contributed by atoms with Crippen LogP contribution in [0.5, 0.6) is 0 Å². The van der Waals surface area contributed by atoms with E-state index in [1.807, 2.05) is 24.8 Å². The second-order valence-corrected chi connectivity index (χ2v) is 5.51. The van der Waals surface area contributed by atoms with Crippen molar-refractivity contribution in [3.63, 3.8) is 0 Å². The van der Waals surface area contributed by atoms with Gasteiger partial charge in [-0.15, -0.1) is 11.6 Å². The Morgan fingerprint density at radius 1 is 1.53 bits per heavy atom. The van der Waals surface area contributed by atoms with Gasteiger partial charge in [0.05, 0.1) is 17.1 Å². The number of nitro groups is 1. The Kier molecular flexibility index (Phi) is 3.96. The number of rotatable bonds is 3. The lowest BCUT2D eigenvalue weighted by Crippen LogP contribution is -2.48. The third-order valence-electron chi connectivity index (χ3n) is 3.16. The van der Waals surface area contributed by atoms with E-state index < -0.39 is 0 Å². The normalized spacial score (nSPS) is 18.4. The number of hydrogen-bond acceptors (Lipinski definition) is 4. The molecule has 1 aromatic rings. The summed E-state index contributed by atoms with van der Waals surface area (Å²) in [5.41, 5.74) is 1.20. The number of nitrogens with zero attached hydrogens (tertiary/aromatic N) is 2. The minimum atomic E-state index is -0.353. The van der Waals surface area contributed by atoms with E-state index in [4.69, 9.17) is 16.3 Å². The number of hydrogen-bond donors (Lipinski definition) is 0. The molecular weight excluding hydrogens is 268 g/mol. The Hall–Kier alpha value is -1.33. The molecule has 19 heavy (non-hydrogen) atoms. The number of halogens is 1. The average molecular weight is 285 g/mol. The van der Waals surface area contributed by atoms with Gasteiger partial charge in [0.1, 0.15) is 5.69 Å². The van der Waals surface area contributed by atoms with Crippen LogP contribution in [0.15, 0.2) is 18.2 Å². The quantitative estimate of drug-likeness (QED) is 0.486. The van der Waals surface area contributed by atoms with Gasteiger partial charge in [-0.3, -0.25) is 10.1 Å². The summed E-state index contributed by atoms with van der Waals surface area (Å²) >= 11 is 5.73. The number of ether oxygens (including phenoxy) is 1. The maximum absolute atomic E-state index is 11.2. The van der Waals surface area contributed by atoms with Crippen LogP contribution in [0, 0.1) is 10.1 Å². The highest BCUT2D eigenvalue weighted by Crippen LogP contribution is 2.32. The molecule has 1 aliphatic rings. The molecule has 5 nitrogen and oxygen atoms in total. The summed E-state index contributed by atoms with van der Waals surface area (Å²) in [5.74, 6) is 0.274. The Morgan fingerprint density at radius 3 is 2.84 bits per heavy atom. The van der Waals surface area contributed by atoms with E-state index in [2.05, 4.69) is 0 Å². The smallest absolute Gasteiger partial charge is 0.292 e. The summed E-state index contributed by atoms with van der Waals surface area (Å²) in [7, 11) is 0. The Bertz CT molecular complexity index is 491. The first-order valence-electron chi connectivity index (χ1n) is 6.15. The number of anilines is 1. The molecule has 0 unspecified atom stereocenters. The van der Waals surface area contributed by atoms with Crippen molar-refractivity contribution in [2.75, 3.05) is 24.6 Å². The van der Waals surface area contributed by atoms with Crippen molar-refractivity contribution in [2.24, 2.45) is 0 Å². The molecule has 0 aliphatic carbocycles. The third-order valence-corrected chi connectivity index (χ3v) is 3.47. The second kappa shape index (κ2) is 5.35. The summed E-state index contributed by atoms with van der Waals surface area (Å²) in [6.45, 7) is 5.83. The molecular formula is C13H17ClN2O3. The van der Waals surface area contributed by atoms with Gasteiger partial charge in [0.15, 0.2) is 0 Å². The molecule has 1 heterocycles. The van der Waals surface area contributed by atoms with Crippen molar-refractivity contribution >= 4 is 23.0 Å². The van der Waals surface area contributed by atoms with Crippen LogP contribution in [0.3, 0.4) is 0 Å². The van der Waals surface area contributed by atoms with Gasteiger partial charge in [0, 0.05) is 25.0 Å². The Labute approximate surface area is 117 Å². The van der Waals surface area contributed by atoms with Gasteiger partial charge < -0.3 is 9.64 Å². The monoisotopic (exact) mass is 284 g/mol. The van der Waals surface area contributed by atoms with E-state index in [0.29, 0.717) is 25.4 Å². The summed E-state index contributed by atoms with van der Waals surface area (Å²) in [6, 6.07) is 5.15. The van der Waals surface area contributed by atoms with Gasteiger partial charge in [-0.25, -0.2) is 0 Å². The van der Waals surface area contributed by atoms with Crippen molar-refractivity contribution in [3.8, 4) is 0 Å². The van der Waals surface area contributed by atoms with Gasteiger partial charge in [-0.05, 0) is 25.5 Å². The minimum absolute atomic E-state index is 0.107. The number of alkyl halides is 1. The van der Waals surface area contributed by atoms with Crippen molar-refractivity contribution in [1.29, 1.82) is 0 Å². The van der Waals surface area contributed by atoms with Crippen LogP contribution < -0.4 is 4.90 Å². The molecule has 0 saturated carbocycles. The maximum Gasteiger partial charge on any atom is 0.292 e. The molecule has 1 saturated heterocycles. The van der Waals surface area contributed by atoms with Crippen molar-refractivity contribution in [3.05, 3.63) is 33.9 Å². The van der Waals surface area contributed by atoms with E-state index in [0.717, 1.165) is 5.56 Å². The van der Waals surface area contributed by atoms with Crippen molar-refractivity contribution in [1.82, 2.24) is 0 Å². The molecule has 0 aromatic heterocycles. The molecule has 2 rings (SSSR count). The molecule has 0 radical (unpaired) electrons. The van der Waals surface area contributed by atoms with E-state index in [1.165, 1.54) is 0 Å². The van der Waals surface area contributed by atoms with Crippen LogP contribution in [0.4, 0.5) is 11.4 Å². The predicted molar refractivity (Wildman–Crippen MR) is 74.9 cm³/mol. The molecule has 0 spiro atoms. The zero-order valence-corrected chi connectivity index (χ0v) is 11.8. The van der Waals surface area contributed by atoms with E-state index in [1.54, 1.807) is 12.1 Å². The Morgan fingerprint density at radius 2 is 2.26 bits per heavy atom.